The summed E-state index contributed by atoms with van der Waals surface area (Å²) >= 11 is 0.991. The molecule has 0 aliphatic heterocycles. The first-order chi connectivity index (χ1) is 22.8. The number of H-pyrrole nitrogens is 1. The fourth-order valence-electron chi connectivity index (χ4n) is 6.80. The number of aromatic amines is 1. The molecule has 1 saturated carbocycles. The number of aliphatic hydroxyl groups excluding tert-OH is 1. The number of fused-ring (bicyclic) bond motifs is 1. The predicted octanol–water partition coefficient (Wildman–Crippen LogP) is 5.64. The number of oxazole rings is 1. The zero-order valence-corrected chi connectivity index (χ0v) is 27.6. The second kappa shape index (κ2) is 15.0. The Kier molecular flexibility index (Phi) is 10.5. The van der Waals surface area contributed by atoms with E-state index in [2.05, 4.69) is 51.5 Å². The summed E-state index contributed by atoms with van der Waals surface area (Å²) in [5.74, 6) is 1.27. The molecule has 248 valence electrons. The summed E-state index contributed by atoms with van der Waals surface area (Å²) in [4.78, 5) is 21.0. The quantitative estimate of drug-likeness (QED) is 0.0970. The molecule has 0 bridgehead atoms. The highest BCUT2D eigenvalue weighted by Gasteiger charge is 2.44. The summed E-state index contributed by atoms with van der Waals surface area (Å²) in [7, 11) is 2.09. The van der Waals surface area contributed by atoms with Crippen LogP contribution in [-0.4, -0.2) is 56.9 Å². The van der Waals surface area contributed by atoms with Gasteiger partial charge in [-0.3, -0.25) is 4.79 Å². The third-order valence-electron chi connectivity index (χ3n) is 9.35. The Bertz CT molecular complexity index is 1810. The van der Waals surface area contributed by atoms with E-state index in [4.69, 9.17) is 4.42 Å². The lowest BCUT2D eigenvalue weighted by atomic mass is 9.73. The van der Waals surface area contributed by atoms with Crippen LogP contribution in [0.3, 0.4) is 0 Å². The number of phenols is 1. The van der Waals surface area contributed by atoms with Crippen molar-refractivity contribution in [2.45, 2.75) is 63.2 Å². The zero-order chi connectivity index (χ0) is 32.8. The fraction of sp³-hybridized carbons (Fsp3) is 0.405. The predicted molar refractivity (Wildman–Crippen MR) is 185 cm³/mol. The molecule has 5 N–H and O–H groups in total. The monoisotopic (exact) mass is 656 g/mol. The number of thiazole rings is 1. The largest absolute Gasteiger partial charge is 0.506 e. The Morgan fingerprint density at radius 3 is 2.66 bits per heavy atom. The second-order valence-electron chi connectivity index (χ2n) is 12.8. The number of nitrogens with zero attached hydrogens (tertiary/aromatic N) is 2. The minimum Gasteiger partial charge on any atom is -0.506 e. The van der Waals surface area contributed by atoms with Gasteiger partial charge in [0.2, 0.25) is 5.89 Å². The van der Waals surface area contributed by atoms with Gasteiger partial charge in [0.1, 0.15) is 17.0 Å². The molecule has 1 aliphatic carbocycles. The van der Waals surface area contributed by atoms with Crippen molar-refractivity contribution in [3.05, 3.63) is 116 Å². The van der Waals surface area contributed by atoms with Crippen LogP contribution in [0.15, 0.2) is 82.1 Å². The molecule has 2 atom stereocenters. The van der Waals surface area contributed by atoms with Crippen molar-refractivity contribution < 1.29 is 19.7 Å². The highest BCUT2D eigenvalue weighted by atomic mass is 32.1. The highest BCUT2D eigenvalue weighted by Crippen LogP contribution is 2.43. The third kappa shape index (κ3) is 7.69. The van der Waals surface area contributed by atoms with Crippen LogP contribution in [0.1, 0.15) is 72.1 Å². The summed E-state index contributed by atoms with van der Waals surface area (Å²) < 4.78 is 6.85. The number of aliphatic hydroxyl groups is 2. The summed E-state index contributed by atoms with van der Waals surface area (Å²) in [5, 5.41) is 36.2. The standard InChI is InChI=1S/C37H44N4O5S/c1-41(20-18-29-22-39-35(46-29)37(45,27-11-4-2-5-12-27)28-13-6-3-7-14-28)24-26-10-8-9-25(21-26)17-19-38-23-32(43)30-15-16-31(42)33-34(30)47-36(44)40-33/h2,4-5,8-12,15-16,21-22,28,32,38,42-43,45H,3,6-7,13-14,17-20,23-24H2,1H3,(H,40,44)/t32?,37-/m0/s1. The molecule has 2 heterocycles. The van der Waals surface area contributed by atoms with Crippen molar-refractivity contribution in [2.75, 3.05) is 26.7 Å². The van der Waals surface area contributed by atoms with E-state index in [1.165, 1.54) is 23.6 Å². The number of aromatic nitrogens is 2. The van der Waals surface area contributed by atoms with E-state index in [9.17, 15) is 20.1 Å². The molecule has 2 aromatic heterocycles. The first kappa shape index (κ1) is 33.1. The number of likely N-dealkylation sites (N-methyl/N-ethyl adjacent to an activating group) is 1. The fourth-order valence-corrected chi connectivity index (χ4v) is 7.72. The van der Waals surface area contributed by atoms with Gasteiger partial charge in [0.15, 0.2) is 5.60 Å². The number of hydrogen-bond donors (Lipinski definition) is 5. The molecule has 1 unspecified atom stereocenters. The first-order valence-electron chi connectivity index (χ1n) is 16.5. The molecule has 0 spiro atoms. The van der Waals surface area contributed by atoms with Crippen molar-refractivity contribution in [3.8, 4) is 5.75 Å². The molecule has 0 radical (unpaired) electrons. The number of aromatic hydroxyl groups is 1. The Morgan fingerprint density at radius 2 is 1.85 bits per heavy atom. The van der Waals surface area contributed by atoms with Gasteiger partial charge in [-0.1, -0.05) is 91.3 Å². The lowest BCUT2D eigenvalue weighted by Gasteiger charge is -2.36. The van der Waals surface area contributed by atoms with E-state index in [1.807, 2.05) is 30.3 Å². The molecule has 1 fully saturated rings. The van der Waals surface area contributed by atoms with Gasteiger partial charge in [-0.05, 0) is 55.6 Å². The third-order valence-corrected chi connectivity index (χ3v) is 10.3. The van der Waals surface area contributed by atoms with E-state index in [0.29, 0.717) is 41.2 Å². The van der Waals surface area contributed by atoms with E-state index >= 15 is 0 Å². The average molecular weight is 657 g/mol. The van der Waals surface area contributed by atoms with E-state index in [-0.39, 0.29) is 16.5 Å². The number of hydrogen-bond acceptors (Lipinski definition) is 9. The number of phenolic OH excluding ortho intramolecular Hbond substituents is 1. The molecule has 9 nitrogen and oxygen atoms in total. The smallest absolute Gasteiger partial charge is 0.305 e. The molecule has 6 rings (SSSR count). The average Bonchev–Trinajstić information content (AvgIpc) is 3.74. The van der Waals surface area contributed by atoms with Gasteiger partial charge in [-0.15, -0.1) is 0 Å². The van der Waals surface area contributed by atoms with Gasteiger partial charge in [-0.25, -0.2) is 4.98 Å². The summed E-state index contributed by atoms with van der Waals surface area (Å²) in [6.07, 6.45) is 7.83. The zero-order valence-electron chi connectivity index (χ0n) is 26.8. The molecule has 3 aromatic carbocycles. The van der Waals surface area contributed by atoms with Crippen LogP contribution in [0.4, 0.5) is 0 Å². The Balaban J connectivity index is 0.997. The summed E-state index contributed by atoms with van der Waals surface area (Å²) in [6, 6.07) is 21.5. The molecule has 1 aliphatic rings. The van der Waals surface area contributed by atoms with Gasteiger partial charge in [-0.2, -0.15) is 0 Å². The van der Waals surface area contributed by atoms with Crippen molar-refractivity contribution >= 4 is 21.6 Å². The number of nitrogens with one attached hydrogen (secondary N) is 2. The highest BCUT2D eigenvalue weighted by molar-refractivity contribution is 7.16. The van der Waals surface area contributed by atoms with Crippen LogP contribution >= 0.6 is 11.3 Å². The second-order valence-corrected chi connectivity index (χ2v) is 13.8. The molecule has 5 aromatic rings. The Morgan fingerprint density at radius 1 is 1.06 bits per heavy atom. The van der Waals surface area contributed by atoms with Crippen LogP contribution < -0.4 is 10.2 Å². The lowest BCUT2D eigenvalue weighted by Crippen LogP contribution is -2.38. The van der Waals surface area contributed by atoms with Gasteiger partial charge in [0.25, 0.3) is 0 Å². The maximum atomic E-state index is 12.1. The van der Waals surface area contributed by atoms with Gasteiger partial charge < -0.3 is 34.9 Å². The van der Waals surface area contributed by atoms with E-state index < -0.39 is 11.7 Å². The summed E-state index contributed by atoms with van der Waals surface area (Å²) in [5.41, 5.74) is 3.04. The molecular weight excluding hydrogens is 612 g/mol. The lowest BCUT2D eigenvalue weighted by molar-refractivity contribution is -0.0239. The minimum atomic E-state index is -1.22. The van der Waals surface area contributed by atoms with Crippen LogP contribution in [0.25, 0.3) is 10.2 Å². The van der Waals surface area contributed by atoms with Crippen molar-refractivity contribution in [1.82, 2.24) is 20.2 Å². The van der Waals surface area contributed by atoms with Gasteiger partial charge in [0, 0.05) is 37.5 Å². The maximum Gasteiger partial charge on any atom is 0.305 e. The van der Waals surface area contributed by atoms with Gasteiger partial charge >= 0.3 is 4.87 Å². The van der Waals surface area contributed by atoms with Crippen molar-refractivity contribution in [1.29, 1.82) is 0 Å². The molecule has 10 heteroatoms. The van der Waals surface area contributed by atoms with Crippen LogP contribution in [-0.2, 0) is 25.0 Å². The van der Waals surface area contributed by atoms with Crippen LogP contribution in [0, 0.1) is 5.92 Å². The SMILES string of the molecule is CN(CCc1cnc([C@](O)(c2ccccc2)C2CCCCC2)o1)Cc1cccc(CCNCC(O)c2ccc(O)c3[nH]c(=O)sc23)c1. The Labute approximate surface area is 278 Å². The topological polar surface area (TPSA) is 135 Å². The number of benzene rings is 3. The molecular formula is C37H44N4O5S. The van der Waals surface area contributed by atoms with Gasteiger partial charge in [0.05, 0.1) is 17.0 Å². The maximum absolute atomic E-state index is 12.1. The first-order valence-corrected chi connectivity index (χ1v) is 17.4. The minimum absolute atomic E-state index is 0.00125. The molecule has 47 heavy (non-hydrogen) atoms. The normalized spacial score (nSPS) is 16.1. The molecule has 0 saturated heterocycles. The van der Waals surface area contributed by atoms with Crippen LogP contribution in [0.2, 0.25) is 0 Å². The Hall–Kier alpha value is -3.80. The van der Waals surface area contributed by atoms with E-state index in [0.717, 1.165) is 67.9 Å². The summed E-state index contributed by atoms with van der Waals surface area (Å²) in [6.45, 7) is 2.59. The van der Waals surface area contributed by atoms with Crippen LogP contribution in [0.5, 0.6) is 5.75 Å². The van der Waals surface area contributed by atoms with Crippen molar-refractivity contribution in [2.24, 2.45) is 5.92 Å². The van der Waals surface area contributed by atoms with Crippen molar-refractivity contribution in [3.63, 3.8) is 0 Å². The molecule has 0 amide bonds. The number of rotatable bonds is 14. The van der Waals surface area contributed by atoms with E-state index in [1.54, 1.807) is 12.3 Å².